The summed E-state index contributed by atoms with van der Waals surface area (Å²) in [5, 5.41) is 0.785. The first-order valence-corrected chi connectivity index (χ1v) is 6.06. The van der Waals surface area contributed by atoms with Crippen molar-refractivity contribution in [2.45, 2.75) is 19.4 Å². The van der Waals surface area contributed by atoms with Gasteiger partial charge < -0.3 is 10.6 Å². The van der Waals surface area contributed by atoms with Crippen LogP contribution >= 0.6 is 11.6 Å². The van der Waals surface area contributed by atoms with E-state index in [1.165, 1.54) is 5.56 Å². The van der Waals surface area contributed by atoms with Crippen LogP contribution in [0, 0.1) is 5.92 Å². The Kier molecular flexibility index (Phi) is 5.26. The van der Waals surface area contributed by atoms with Crippen molar-refractivity contribution in [1.82, 2.24) is 4.90 Å². The topological polar surface area (TPSA) is 29.3 Å². The molecule has 3 heteroatoms. The standard InChI is InChI=1S/C13H21ClN2/c1-10(8-9-15)13(16(2)3)11-4-6-12(14)7-5-11/h4-7,10,13H,8-9,15H2,1-3H3. The summed E-state index contributed by atoms with van der Waals surface area (Å²) < 4.78 is 0. The molecule has 0 fully saturated rings. The molecule has 0 saturated carbocycles. The Morgan fingerprint density at radius 2 is 1.81 bits per heavy atom. The Labute approximate surface area is 103 Å². The molecule has 0 saturated heterocycles. The zero-order valence-corrected chi connectivity index (χ0v) is 11.0. The van der Waals surface area contributed by atoms with E-state index in [-0.39, 0.29) is 0 Å². The fourth-order valence-electron chi connectivity index (χ4n) is 2.22. The Bertz CT molecular complexity index is 308. The molecule has 0 bridgehead atoms. The van der Waals surface area contributed by atoms with Crippen LogP contribution in [0.1, 0.15) is 24.9 Å². The average Bonchev–Trinajstić information content (AvgIpc) is 2.21. The molecule has 0 aliphatic heterocycles. The minimum absolute atomic E-state index is 0.404. The van der Waals surface area contributed by atoms with Crippen LogP contribution in [0.3, 0.4) is 0 Å². The van der Waals surface area contributed by atoms with Gasteiger partial charge in [0.25, 0.3) is 0 Å². The molecular weight excluding hydrogens is 220 g/mol. The lowest BCUT2D eigenvalue weighted by atomic mass is 9.91. The minimum Gasteiger partial charge on any atom is -0.330 e. The van der Waals surface area contributed by atoms with E-state index in [0.29, 0.717) is 12.0 Å². The van der Waals surface area contributed by atoms with Gasteiger partial charge in [-0.25, -0.2) is 0 Å². The van der Waals surface area contributed by atoms with E-state index in [0.717, 1.165) is 18.0 Å². The summed E-state index contributed by atoms with van der Waals surface area (Å²) in [7, 11) is 4.21. The summed E-state index contributed by atoms with van der Waals surface area (Å²) in [5.74, 6) is 0.543. The van der Waals surface area contributed by atoms with Gasteiger partial charge in [0.1, 0.15) is 0 Å². The Morgan fingerprint density at radius 3 is 2.25 bits per heavy atom. The molecule has 0 heterocycles. The maximum atomic E-state index is 5.90. The van der Waals surface area contributed by atoms with Crippen LogP contribution in [0.25, 0.3) is 0 Å². The van der Waals surface area contributed by atoms with Gasteiger partial charge >= 0.3 is 0 Å². The molecule has 0 aromatic heterocycles. The summed E-state index contributed by atoms with van der Waals surface area (Å²) in [5.41, 5.74) is 6.93. The van der Waals surface area contributed by atoms with Crippen LogP contribution in [0.2, 0.25) is 5.02 Å². The Balaban J connectivity index is 2.89. The predicted molar refractivity (Wildman–Crippen MR) is 70.7 cm³/mol. The third-order valence-electron chi connectivity index (χ3n) is 2.93. The SMILES string of the molecule is CC(CCN)C(c1ccc(Cl)cc1)N(C)C. The van der Waals surface area contributed by atoms with Gasteiger partial charge in [0.15, 0.2) is 0 Å². The quantitative estimate of drug-likeness (QED) is 0.858. The van der Waals surface area contributed by atoms with E-state index < -0.39 is 0 Å². The van der Waals surface area contributed by atoms with E-state index in [4.69, 9.17) is 17.3 Å². The van der Waals surface area contributed by atoms with Gasteiger partial charge in [-0.05, 0) is 50.7 Å². The van der Waals surface area contributed by atoms with Gasteiger partial charge in [-0.3, -0.25) is 0 Å². The number of hydrogen-bond acceptors (Lipinski definition) is 2. The number of rotatable bonds is 5. The molecule has 0 aliphatic rings. The molecule has 0 amide bonds. The molecule has 0 aliphatic carbocycles. The monoisotopic (exact) mass is 240 g/mol. The van der Waals surface area contributed by atoms with Gasteiger partial charge in [-0.1, -0.05) is 30.7 Å². The molecule has 2 unspecified atom stereocenters. The lowest BCUT2D eigenvalue weighted by molar-refractivity contribution is 0.217. The summed E-state index contributed by atoms with van der Waals surface area (Å²) in [6, 6.07) is 8.49. The van der Waals surface area contributed by atoms with Crippen LogP contribution in [-0.2, 0) is 0 Å². The zero-order chi connectivity index (χ0) is 12.1. The second-order valence-electron chi connectivity index (χ2n) is 4.51. The first kappa shape index (κ1) is 13.5. The molecule has 1 aromatic rings. The first-order chi connectivity index (χ1) is 7.56. The maximum absolute atomic E-state index is 5.90. The molecule has 1 aromatic carbocycles. The number of nitrogens with two attached hydrogens (primary N) is 1. The predicted octanol–water partition coefficient (Wildman–Crippen LogP) is 2.93. The smallest absolute Gasteiger partial charge is 0.0406 e. The van der Waals surface area contributed by atoms with Crippen LogP contribution in [0.5, 0.6) is 0 Å². The van der Waals surface area contributed by atoms with E-state index in [2.05, 4.69) is 38.1 Å². The second-order valence-corrected chi connectivity index (χ2v) is 4.95. The number of halogens is 1. The average molecular weight is 241 g/mol. The zero-order valence-electron chi connectivity index (χ0n) is 10.3. The lowest BCUT2D eigenvalue weighted by Gasteiger charge is -2.30. The molecule has 0 radical (unpaired) electrons. The maximum Gasteiger partial charge on any atom is 0.0406 e. The Hall–Kier alpha value is -0.570. The minimum atomic E-state index is 0.404. The van der Waals surface area contributed by atoms with E-state index in [1.54, 1.807) is 0 Å². The molecular formula is C13H21ClN2. The highest BCUT2D eigenvalue weighted by Gasteiger charge is 2.20. The molecule has 1 rings (SSSR count). The fraction of sp³-hybridized carbons (Fsp3) is 0.538. The van der Waals surface area contributed by atoms with Crippen molar-refractivity contribution < 1.29 is 0 Å². The molecule has 90 valence electrons. The van der Waals surface area contributed by atoms with Crippen molar-refractivity contribution in [1.29, 1.82) is 0 Å². The normalized spacial score (nSPS) is 15.1. The molecule has 2 N–H and O–H groups in total. The van der Waals surface area contributed by atoms with Gasteiger partial charge in [0.05, 0.1) is 0 Å². The largest absolute Gasteiger partial charge is 0.330 e. The van der Waals surface area contributed by atoms with Crippen molar-refractivity contribution in [3.05, 3.63) is 34.9 Å². The highest BCUT2D eigenvalue weighted by atomic mass is 35.5. The molecule has 0 spiro atoms. The summed E-state index contributed by atoms with van der Waals surface area (Å²) >= 11 is 5.90. The van der Waals surface area contributed by atoms with Crippen molar-refractivity contribution >= 4 is 11.6 Å². The van der Waals surface area contributed by atoms with Crippen molar-refractivity contribution in [3.63, 3.8) is 0 Å². The third kappa shape index (κ3) is 3.48. The van der Waals surface area contributed by atoms with Gasteiger partial charge in [0, 0.05) is 11.1 Å². The first-order valence-electron chi connectivity index (χ1n) is 5.68. The van der Waals surface area contributed by atoms with Crippen LogP contribution in [0.15, 0.2) is 24.3 Å². The lowest BCUT2D eigenvalue weighted by Crippen LogP contribution is -2.27. The van der Waals surface area contributed by atoms with Crippen LogP contribution in [0.4, 0.5) is 0 Å². The highest BCUT2D eigenvalue weighted by molar-refractivity contribution is 6.30. The molecule has 2 atom stereocenters. The Morgan fingerprint density at radius 1 is 1.25 bits per heavy atom. The molecule has 2 nitrogen and oxygen atoms in total. The van der Waals surface area contributed by atoms with Gasteiger partial charge in [-0.15, -0.1) is 0 Å². The fourth-order valence-corrected chi connectivity index (χ4v) is 2.34. The van der Waals surface area contributed by atoms with Crippen molar-refractivity contribution in [2.75, 3.05) is 20.6 Å². The molecule has 16 heavy (non-hydrogen) atoms. The van der Waals surface area contributed by atoms with E-state index >= 15 is 0 Å². The van der Waals surface area contributed by atoms with E-state index in [1.807, 2.05) is 12.1 Å². The summed E-state index contributed by atoms with van der Waals surface area (Å²) in [6.45, 7) is 2.98. The third-order valence-corrected chi connectivity index (χ3v) is 3.18. The second kappa shape index (κ2) is 6.24. The van der Waals surface area contributed by atoms with Crippen molar-refractivity contribution in [3.8, 4) is 0 Å². The van der Waals surface area contributed by atoms with E-state index in [9.17, 15) is 0 Å². The highest BCUT2D eigenvalue weighted by Crippen LogP contribution is 2.29. The van der Waals surface area contributed by atoms with Crippen LogP contribution in [-0.4, -0.2) is 25.5 Å². The summed E-state index contributed by atoms with van der Waals surface area (Å²) in [4.78, 5) is 2.24. The number of nitrogens with zero attached hydrogens (tertiary/aromatic N) is 1. The van der Waals surface area contributed by atoms with Crippen molar-refractivity contribution in [2.24, 2.45) is 11.7 Å². The van der Waals surface area contributed by atoms with Crippen LogP contribution < -0.4 is 5.73 Å². The van der Waals surface area contributed by atoms with Gasteiger partial charge in [0.2, 0.25) is 0 Å². The number of benzene rings is 1. The summed E-state index contributed by atoms with van der Waals surface area (Å²) in [6.07, 6.45) is 1.03. The number of hydrogen-bond donors (Lipinski definition) is 1. The van der Waals surface area contributed by atoms with Gasteiger partial charge in [-0.2, -0.15) is 0 Å².